The Kier molecular flexibility index (Phi) is 6.85. The summed E-state index contributed by atoms with van der Waals surface area (Å²) in [6, 6.07) is -1.41. The van der Waals surface area contributed by atoms with Gasteiger partial charge in [0, 0.05) is 6.54 Å². The van der Waals surface area contributed by atoms with Crippen LogP contribution in [0.4, 0.5) is 4.79 Å². The molecule has 1 heterocycles. The Balaban J connectivity index is 2.43. The van der Waals surface area contributed by atoms with E-state index >= 15 is 0 Å². The maximum Gasteiger partial charge on any atom is 0.326 e. The number of hydrogen-bond donors (Lipinski definition) is 3. The highest BCUT2D eigenvalue weighted by Gasteiger charge is 2.19. The van der Waals surface area contributed by atoms with Gasteiger partial charge in [0.25, 0.3) is 0 Å². The number of thioether (sulfide) groups is 1. The van der Waals surface area contributed by atoms with Gasteiger partial charge < -0.3 is 20.3 Å². The molecule has 1 rings (SSSR count). The van der Waals surface area contributed by atoms with E-state index in [-0.39, 0.29) is 6.54 Å². The summed E-state index contributed by atoms with van der Waals surface area (Å²) in [5, 5.41) is 21.6. The molecule has 3 N–H and O–H groups in total. The van der Waals surface area contributed by atoms with Crippen LogP contribution in [0.25, 0.3) is 0 Å². The van der Waals surface area contributed by atoms with Crippen LogP contribution in [-0.2, 0) is 17.9 Å². The molecule has 0 aliphatic heterocycles. The Labute approximate surface area is 121 Å². The molecule has 1 aromatic rings. The third-order valence-corrected chi connectivity index (χ3v) is 3.30. The molecule has 0 aromatic carbocycles. The number of aromatic nitrogens is 3. The number of nitrogens with zero attached hydrogens (tertiary/aromatic N) is 3. The predicted octanol–water partition coefficient (Wildman–Crippen LogP) is 0.304. The molecule has 1 aromatic heterocycles. The number of hydrogen-bond acceptors (Lipinski definition) is 5. The lowest BCUT2D eigenvalue weighted by Crippen LogP contribution is -2.46. The molecule has 0 aliphatic rings. The Morgan fingerprint density at radius 3 is 2.90 bits per heavy atom. The van der Waals surface area contributed by atoms with Crippen LogP contribution in [0.1, 0.15) is 19.2 Å². The van der Waals surface area contributed by atoms with Crippen molar-refractivity contribution in [2.45, 2.75) is 32.5 Å². The van der Waals surface area contributed by atoms with Crippen molar-refractivity contribution in [3.8, 4) is 0 Å². The van der Waals surface area contributed by atoms with Gasteiger partial charge in [0.15, 0.2) is 5.82 Å². The molecule has 0 saturated carbocycles. The Morgan fingerprint density at radius 2 is 2.30 bits per heavy atom. The zero-order valence-corrected chi connectivity index (χ0v) is 12.3. The molecule has 20 heavy (non-hydrogen) atoms. The second kappa shape index (κ2) is 8.41. The van der Waals surface area contributed by atoms with Crippen molar-refractivity contribution in [2.24, 2.45) is 0 Å². The van der Waals surface area contributed by atoms with Crippen molar-refractivity contribution in [3.05, 3.63) is 12.2 Å². The summed E-state index contributed by atoms with van der Waals surface area (Å²) in [5.41, 5.74) is 0. The summed E-state index contributed by atoms with van der Waals surface area (Å²) in [6.07, 6.45) is 3.85. The largest absolute Gasteiger partial charge is 0.480 e. The fourth-order valence-electron chi connectivity index (χ4n) is 1.54. The summed E-state index contributed by atoms with van der Waals surface area (Å²) >= 11 is 1.53. The number of aryl methyl sites for hydroxylation is 1. The smallest absolute Gasteiger partial charge is 0.326 e. The second-order valence-corrected chi connectivity index (χ2v) is 5.02. The fourth-order valence-corrected chi connectivity index (χ4v) is 2.01. The molecule has 0 spiro atoms. The monoisotopic (exact) mass is 301 g/mol. The highest BCUT2D eigenvalue weighted by atomic mass is 32.2. The third-order valence-electron chi connectivity index (χ3n) is 2.66. The van der Waals surface area contributed by atoms with Crippen LogP contribution in [0.2, 0.25) is 0 Å². The molecule has 0 aliphatic carbocycles. The lowest BCUT2D eigenvalue weighted by Gasteiger charge is -2.14. The summed E-state index contributed by atoms with van der Waals surface area (Å²) in [5.74, 6) is 0.256. The molecule has 9 heteroatoms. The number of rotatable bonds is 8. The maximum atomic E-state index is 11.7. The quantitative estimate of drug-likeness (QED) is 0.637. The van der Waals surface area contributed by atoms with Crippen molar-refractivity contribution in [1.29, 1.82) is 0 Å². The van der Waals surface area contributed by atoms with Gasteiger partial charge in [-0.1, -0.05) is 0 Å². The average molecular weight is 301 g/mol. The Morgan fingerprint density at radius 1 is 1.55 bits per heavy atom. The van der Waals surface area contributed by atoms with Gasteiger partial charge in [0.2, 0.25) is 0 Å². The number of aliphatic carboxylic acids is 1. The minimum absolute atomic E-state index is 0.203. The average Bonchev–Trinajstić information content (AvgIpc) is 2.88. The van der Waals surface area contributed by atoms with Crippen molar-refractivity contribution < 1.29 is 14.7 Å². The van der Waals surface area contributed by atoms with E-state index in [0.717, 1.165) is 0 Å². The molecular formula is C11H19N5O3S. The number of carboxylic acids is 1. The molecule has 2 amide bonds. The summed E-state index contributed by atoms with van der Waals surface area (Å²) in [6.45, 7) is 2.85. The van der Waals surface area contributed by atoms with E-state index < -0.39 is 18.0 Å². The standard InChI is InChI=1S/C11H19N5O3S/c1-3-16-7-13-15-9(16)6-12-11(19)14-8(10(17)18)4-5-20-2/h7-8H,3-6H2,1-2H3,(H,17,18)(H2,12,14,19)/t8-/m0/s1. The van der Waals surface area contributed by atoms with Crippen molar-refractivity contribution in [3.63, 3.8) is 0 Å². The lowest BCUT2D eigenvalue weighted by molar-refractivity contribution is -0.139. The lowest BCUT2D eigenvalue weighted by atomic mass is 10.2. The zero-order valence-electron chi connectivity index (χ0n) is 11.5. The van der Waals surface area contributed by atoms with Gasteiger partial charge in [-0.2, -0.15) is 11.8 Å². The Bertz CT molecular complexity index is 451. The first-order chi connectivity index (χ1) is 9.58. The van der Waals surface area contributed by atoms with Gasteiger partial charge in [0.1, 0.15) is 12.4 Å². The first-order valence-corrected chi connectivity index (χ1v) is 7.60. The maximum absolute atomic E-state index is 11.7. The van der Waals surface area contributed by atoms with Gasteiger partial charge in [-0.25, -0.2) is 9.59 Å². The molecular weight excluding hydrogens is 282 g/mol. The van der Waals surface area contributed by atoms with Crippen molar-refractivity contribution in [1.82, 2.24) is 25.4 Å². The summed E-state index contributed by atoms with van der Waals surface area (Å²) < 4.78 is 1.79. The van der Waals surface area contributed by atoms with E-state index in [4.69, 9.17) is 5.11 Å². The number of urea groups is 1. The van der Waals surface area contributed by atoms with Crippen LogP contribution in [0.3, 0.4) is 0 Å². The molecule has 0 saturated heterocycles. The molecule has 0 radical (unpaired) electrons. The number of carboxylic acid groups (broad SMARTS) is 1. The minimum Gasteiger partial charge on any atom is -0.480 e. The van der Waals surface area contributed by atoms with Gasteiger partial charge in [-0.15, -0.1) is 10.2 Å². The van der Waals surface area contributed by atoms with Crippen molar-refractivity contribution >= 4 is 23.8 Å². The Hall–Kier alpha value is -1.77. The fraction of sp³-hybridized carbons (Fsp3) is 0.636. The predicted molar refractivity (Wildman–Crippen MR) is 75.5 cm³/mol. The molecule has 0 bridgehead atoms. The highest BCUT2D eigenvalue weighted by Crippen LogP contribution is 2.01. The van der Waals surface area contributed by atoms with Crippen LogP contribution in [0.5, 0.6) is 0 Å². The molecule has 0 unspecified atom stereocenters. The zero-order chi connectivity index (χ0) is 15.0. The van der Waals surface area contributed by atoms with Gasteiger partial charge in [0.05, 0.1) is 6.54 Å². The molecule has 0 fully saturated rings. The summed E-state index contributed by atoms with van der Waals surface area (Å²) in [4.78, 5) is 22.7. The topological polar surface area (TPSA) is 109 Å². The number of carbonyl (C=O) groups is 2. The molecule has 8 nitrogen and oxygen atoms in total. The van der Waals surface area contributed by atoms with Gasteiger partial charge in [-0.05, 0) is 25.4 Å². The second-order valence-electron chi connectivity index (χ2n) is 4.03. The van der Waals surface area contributed by atoms with Crippen LogP contribution in [0, 0.1) is 0 Å². The normalized spacial score (nSPS) is 11.9. The molecule has 112 valence electrons. The van der Waals surface area contributed by atoms with Gasteiger partial charge in [-0.3, -0.25) is 0 Å². The van der Waals surface area contributed by atoms with Gasteiger partial charge >= 0.3 is 12.0 Å². The van der Waals surface area contributed by atoms with E-state index in [1.807, 2.05) is 13.2 Å². The van der Waals surface area contributed by atoms with E-state index in [2.05, 4.69) is 20.8 Å². The van der Waals surface area contributed by atoms with E-state index in [1.54, 1.807) is 10.9 Å². The van der Waals surface area contributed by atoms with Crippen LogP contribution in [0.15, 0.2) is 6.33 Å². The van der Waals surface area contributed by atoms with E-state index in [0.29, 0.717) is 24.5 Å². The molecule has 1 atom stereocenters. The number of amides is 2. The van der Waals surface area contributed by atoms with E-state index in [9.17, 15) is 9.59 Å². The minimum atomic E-state index is -1.04. The highest BCUT2D eigenvalue weighted by molar-refractivity contribution is 7.98. The SMILES string of the molecule is CCn1cnnc1CNC(=O)N[C@@H](CCSC)C(=O)O. The summed E-state index contributed by atoms with van der Waals surface area (Å²) in [7, 11) is 0. The van der Waals surface area contributed by atoms with Crippen LogP contribution < -0.4 is 10.6 Å². The van der Waals surface area contributed by atoms with Crippen molar-refractivity contribution in [2.75, 3.05) is 12.0 Å². The number of nitrogens with one attached hydrogen (secondary N) is 2. The number of carbonyl (C=O) groups excluding carboxylic acids is 1. The van der Waals surface area contributed by atoms with Crippen LogP contribution in [-0.4, -0.2) is 49.9 Å². The van der Waals surface area contributed by atoms with E-state index in [1.165, 1.54) is 11.8 Å². The third kappa shape index (κ3) is 5.08. The van der Waals surface area contributed by atoms with Crippen LogP contribution >= 0.6 is 11.8 Å². The first kappa shape index (κ1) is 16.3. The first-order valence-electron chi connectivity index (χ1n) is 6.21.